The summed E-state index contributed by atoms with van der Waals surface area (Å²) in [7, 11) is 0. The van der Waals surface area contributed by atoms with Crippen LogP contribution in [0.2, 0.25) is 0 Å². The first-order valence-electron chi connectivity index (χ1n) is 5.88. The van der Waals surface area contributed by atoms with E-state index in [9.17, 15) is 4.79 Å². The van der Waals surface area contributed by atoms with Crippen molar-refractivity contribution in [2.24, 2.45) is 5.73 Å². The molecule has 1 aromatic carbocycles. The number of carbonyl (C=O) groups excluding carboxylic acids is 1. The number of hydrogen-bond acceptors (Lipinski definition) is 4. The van der Waals surface area contributed by atoms with E-state index >= 15 is 0 Å². The number of carbonyl (C=O) groups is 1. The number of fused-ring (bicyclic) bond motifs is 1. The van der Waals surface area contributed by atoms with Gasteiger partial charge in [-0.3, -0.25) is 4.79 Å². The second-order valence-corrected chi connectivity index (χ2v) is 5.20. The van der Waals surface area contributed by atoms with Gasteiger partial charge in [-0.05, 0) is 6.07 Å². The third kappa shape index (κ3) is 1.90. The van der Waals surface area contributed by atoms with Crippen LogP contribution in [-0.4, -0.2) is 31.7 Å². The van der Waals surface area contributed by atoms with Gasteiger partial charge in [-0.2, -0.15) is 0 Å². The molecule has 2 N–H and O–H groups in total. The molecule has 0 spiro atoms. The fraction of sp³-hybridized carbons (Fsp3) is 0.308. The highest BCUT2D eigenvalue weighted by molar-refractivity contribution is 7.17. The first-order chi connectivity index (χ1) is 8.79. The highest BCUT2D eigenvalue weighted by Gasteiger charge is 2.27. The van der Waals surface area contributed by atoms with Gasteiger partial charge in [0.1, 0.15) is 6.61 Å². The van der Waals surface area contributed by atoms with Gasteiger partial charge in [-0.1, -0.05) is 18.2 Å². The van der Waals surface area contributed by atoms with Crippen LogP contribution in [0.1, 0.15) is 0 Å². The molecule has 0 bridgehead atoms. The molecule has 2 aromatic rings. The van der Waals surface area contributed by atoms with Crippen LogP contribution in [0, 0.1) is 0 Å². The maximum absolute atomic E-state index is 12.0. The van der Waals surface area contributed by atoms with Gasteiger partial charge in [0.25, 0.3) is 5.91 Å². The maximum atomic E-state index is 12.0. The lowest BCUT2D eigenvalue weighted by molar-refractivity contribution is -0.128. The van der Waals surface area contributed by atoms with Gasteiger partial charge in [-0.15, -0.1) is 11.3 Å². The van der Waals surface area contributed by atoms with Crippen molar-refractivity contribution in [1.82, 2.24) is 0 Å². The van der Waals surface area contributed by atoms with Gasteiger partial charge in [0.15, 0.2) is 0 Å². The zero-order chi connectivity index (χ0) is 12.5. The number of thiophene rings is 1. The second kappa shape index (κ2) is 4.68. The molecule has 1 amide bonds. The summed E-state index contributed by atoms with van der Waals surface area (Å²) in [6, 6.07) is 8.10. The number of ether oxygens (including phenoxy) is 1. The highest BCUT2D eigenvalue weighted by Crippen LogP contribution is 2.33. The van der Waals surface area contributed by atoms with Crippen molar-refractivity contribution in [3.63, 3.8) is 0 Å². The predicted molar refractivity (Wildman–Crippen MR) is 73.0 cm³/mol. The molecular weight excluding hydrogens is 248 g/mol. The zero-order valence-corrected chi connectivity index (χ0v) is 10.7. The quantitative estimate of drug-likeness (QED) is 0.894. The number of hydrogen-bond donors (Lipinski definition) is 1. The van der Waals surface area contributed by atoms with Crippen molar-refractivity contribution in [2.45, 2.75) is 6.10 Å². The third-order valence-corrected chi connectivity index (χ3v) is 4.10. The molecule has 1 aromatic heterocycles. The van der Waals surface area contributed by atoms with Gasteiger partial charge in [0, 0.05) is 22.0 Å². The van der Waals surface area contributed by atoms with Crippen molar-refractivity contribution in [3.8, 4) is 0 Å². The van der Waals surface area contributed by atoms with Gasteiger partial charge in [-0.25, -0.2) is 0 Å². The molecule has 0 aliphatic carbocycles. The summed E-state index contributed by atoms with van der Waals surface area (Å²) in [6.45, 7) is 1.09. The van der Waals surface area contributed by atoms with E-state index in [-0.39, 0.29) is 18.6 Å². The average Bonchev–Trinajstić information content (AvgIpc) is 2.83. The van der Waals surface area contributed by atoms with Crippen LogP contribution in [0.3, 0.4) is 0 Å². The lowest BCUT2D eigenvalue weighted by Crippen LogP contribution is -2.49. The fourth-order valence-corrected chi connectivity index (χ4v) is 3.12. The topological polar surface area (TPSA) is 55.6 Å². The lowest BCUT2D eigenvalue weighted by Gasteiger charge is -2.31. The van der Waals surface area contributed by atoms with E-state index in [2.05, 4.69) is 6.07 Å². The van der Waals surface area contributed by atoms with Crippen molar-refractivity contribution in [2.75, 3.05) is 24.6 Å². The molecule has 1 aliphatic heterocycles. The molecule has 1 aliphatic rings. The summed E-state index contributed by atoms with van der Waals surface area (Å²) >= 11 is 1.65. The number of anilines is 1. The van der Waals surface area contributed by atoms with Crippen molar-refractivity contribution < 1.29 is 9.53 Å². The number of rotatable bonds is 2. The Morgan fingerprint density at radius 2 is 2.28 bits per heavy atom. The first kappa shape index (κ1) is 11.6. The van der Waals surface area contributed by atoms with Crippen LogP contribution in [0.4, 0.5) is 5.69 Å². The Morgan fingerprint density at radius 3 is 3.11 bits per heavy atom. The largest absolute Gasteiger partial charge is 0.365 e. The predicted octanol–water partition coefficient (Wildman–Crippen LogP) is 1.59. The summed E-state index contributed by atoms with van der Waals surface area (Å²) in [5.74, 6) is 0.00301. The second-order valence-electron chi connectivity index (χ2n) is 4.29. The van der Waals surface area contributed by atoms with E-state index in [1.165, 1.54) is 4.70 Å². The van der Waals surface area contributed by atoms with Gasteiger partial charge < -0.3 is 15.4 Å². The Bertz CT molecular complexity index is 581. The monoisotopic (exact) mass is 262 g/mol. The van der Waals surface area contributed by atoms with Gasteiger partial charge >= 0.3 is 0 Å². The van der Waals surface area contributed by atoms with Crippen LogP contribution in [0.15, 0.2) is 29.6 Å². The van der Waals surface area contributed by atoms with Crippen LogP contribution in [-0.2, 0) is 9.53 Å². The lowest BCUT2D eigenvalue weighted by atomic mass is 10.2. The molecule has 1 atom stereocenters. The SMILES string of the molecule is NCC1CN(c2csc3ccccc23)C(=O)CO1. The molecule has 2 heterocycles. The summed E-state index contributed by atoms with van der Waals surface area (Å²) < 4.78 is 6.56. The molecule has 1 saturated heterocycles. The van der Waals surface area contributed by atoms with Gasteiger partial charge in [0.05, 0.1) is 18.3 Å². The van der Waals surface area contributed by atoms with E-state index in [0.29, 0.717) is 13.1 Å². The van der Waals surface area contributed by atoms with E-state index in [4.69, 9.17) is 10.5 Å². The minimum Gasteiger partial charge on any atom is -0.365 e. The third-order valence-electron chi connectivity index (χ3n) is 3.14. The molecule has 18 heavy (non-hydrogen) atoms. The molecule has 1 fully saturated rings. The minimum absolute atomic E-state index is 0.00301. The first-order valence-corrected chi connectivity index (χ1v) is 6.76. The zero-order valence-electron chi connectivity index (χ0n) is 9.83. The van der Waals surface area contributed by atoms with Gasteiger partial charge in [0.2, 0.25) is 0 Å². The Hall–Kier alpha value is -1.43. The van der Waals surface area contributed by atoms with E-state index in [1.54, 1.807) is 16.2 Å². The van der Waals surface area contributed by atoms with Crippen LogP contribution in [0.25, 0.3) is 10.1 Å². The number of nitrogens with zero attached hydrogens (tertiary/aromatic N) is 1. The Balaban J connectivity index is 2.00. The summed E-state index contributed by atoms with van der Waals surface area (Å²) in [5, 5.41) is 3.15. The molecule has 94 valence electrons. The van der Waals surface area contributed by atoms with Crippen molar-refractivity contribution >= 4 is 33.0 Å². The number of amides is 1. The molecule has 3 rings (SSSR count). The van der Waals surface area contributed by atoms with Crippen LogP contribution in [0.5, 0.6) is 0 Å². The molecule has 4 nitrogen and oxygen atoms in total. The van der Waals surface area contributed by atoms with Crippen molar-refractivity contribution in [3.05, 3.63) is 29.6 Å². The Morgan fingerprint density at radius 1 is 1.44 bits per heavy atom. The van der Waals surface area contributed by atoms with Crippen LogP contribution < -0.4 is 10.6 Å². The van der Waals surface area contributed by atoms with E-state index < -0.39 is 0 Å². The molecule has 5 heteroatoms. The number of morpholine rings is 1. The Kier molecular flexibility index (Phi) is 3.03. The van der Waals surface area contributed by atoms with E-state index in [0.717, 1.165) is 11.1 Å². The summed E-state index contributed by atoms with van der Waals surface area (Å²) in [4.78, 5) is 13.8. The normalized spacial score (nSPS) is 20.6. The van der Waals surface area contributed by atoms with Crippen molar-refractivity contribution in [1.29, 1.82) is 0 Å². The standard InChI is InChI=1S/C13H14N2O2S/c14-5-9-6-15(13(16)7-17-9)11-8-18-12-4-2-1-3-10(11)12/h1-4,8-9H,5-7,14H2. The summed E-state index contributed by atoms with van der Waals surface area (Å²) in [5.41, 5.74) is 6.59. The van der Waals surface area contributed by atoms with E-state index in [1.807, 2.05) is 23.6 Å². The number of nitrogens with two attached hydrogens (primary N) is 1. The molecule has 1 unspecified atom stereocenters. The fourth-order valence-electron chi connectivity index (χ4n) is 2.17. The maximum Gasteiger partial charge on any atom is 0.253 e. The highest BCUT2D eigenvalue weighted by atomic mass is 32.1. The van der Waals surface area contributed by atoms with Crippen LogP contribution >= 0.6 is 11.3 Å². The minimum atomic E-state index is -0.0682. The number of benzene rings is 1. The molecular formula is C13H14N2O2S. The molecule has 0 radical (unpaired) electrons. The molecule has 0 saturated carbocycles. The smallest absolute Gasteiger partial charge is 0.253 e. The summed E-state index contributed by atoms with van der Waals surface area (Å²) in [6.07, 6.45) is -0.0682. The average molecular weight is 262 g/mol. The Labute approximate surface area is 109 Å².